The molecule has 1 fully saturated rings. The molecule has 1 aliphatic rings. The Hall–Kier alpha value is -1.06. The molecular weight excluding hydrogens is 236 g/mol. The number of rotatable bonds is 2. The molecule has 19 heavy (non-hydrogen) atoms. The topological polar surface area (TPSA) is 15.7 Å². The molecule has 0 amide bonds. The highest BCUT2D eigenvalue weighted by Crippen LogP contribution is 2.37. The molecule has 0 saturated carbocycles. The van der Waals surface area contributed by atoms with Crippen molar-refractivity contribution in [3.8, 4) is 5.75 Å². The van der Waals surface area contributed by atoms with Crippen LogP contribution >= 0.6 is 0 Å². The molecule has 1 atom stereocenters. The number of methoxy groups -OCH3 is 1. The first kappa shape index (κ1) is 14.4. The molecule has 2 rings (SSSR count). The van der Waals surface area contributed by atoms with E-state index in [9.17, 15) is 0 Å². The largest absolute Gasteiger partial charge is 0.496 e. The molecule has 1 unspecified atom stereocenters. The second-order valence-corrected chi connectivity index (χ2v) is 5.84. The summed E-state index contributed by atoms with van der Waals surface area (Å²) in [6.07, 6.45) is 0. The summed E-state index contributed by atoms with van der Waals surface area (Å²) in [7, 11) is 6.20. The van der Waals surface area contributed by atoms with E-state index in [1.165, 1.54) is 22.3 Å². The predicted octanol–water partition coefficient (Wildman–Crippen LogP) is 2.54. The van der Waals surface area contributed by atoms with E-state index in [1.807, 2.05) is 0 Å². The molecule has 3 nitrogen and oxygen atoms in total. The number of nitrogens with zero attached hydrogens (tertiary/aromatic N) is 2. The van der Waals surface area contributed by atoms with Crippen molar-refractivity contribution in [2.75, 3.05) is 40.8 Å². The van der Waals surface area contributed by atoms with Gasteiger partial charge in [0.15, 0.2) is 0 Å². The number of hydrogen-bond donors (Lipinski definition) is 0. The molecule has 0 spiro atoms. The van der Waals surface area contributed by atoms with Gasteiger partial charge in [0.05, 0.1) is 13.2 Å². The molecule has 1 aliphatic heterocycles. The minimum Gasteiger partial charge on any atom is -0.496 e. The van der Waals surface area contributed by atoms with E-state index in [0.29, 0.717) is 6.04 Å². The third-order valence-corrected chi connectivity index (χ3v) is 4.42. The maximum Gasteiger partial charge on any atom is 0.127 e. The third kappa shape index (κ3) is 2.63. The number of aryl methyl sites for hydroxylation is 2. The zero-order chi connectivity index (χ0) is 14.2. The second-order valence-electron chi connectivity index (χ2n) is 5.84. The van der Waals surface area contributed by atoms with Crippen LogP contribution in [-0.4, -0.2) is 50.6 Å². The van der Waals surface area contributed by atoms with E-state index >= 15 is 0 Å². The molecule has 0 N–H and O–H groups in total. The summed E-state index contributed by atoms with van der Waals surface area (Å²) in [5.41, 5.74) is 5.28. The SMILES string of the molecule is COc1c(C)c(C)cc(C)c1C1CN(C)CCN1C. The van der Waals surface area contributed by atoms with Gasteiger partial charge in [0.1, 0.15) is 5.75 Å². The lowest BCUT2D eigenvalue weighted by Gasteiger charge is -2.39. The molecule has 1 aromatic rings. The molecule has 106 valence electrons. The second kappa shape index (κ2) is 5.51. The van der Waals surface area contributed by atoms with Gasteiger partial charge in [-0.2, -0.15) is 0 Å². The van der Waals surface area contributed by atoms with Gasteiger partial charge in [-0.25, -0.2) is 0 Å². The van der Waals surface area contributed by atoms with Crippen molar-refractivity contribution in [3.05, 3.63) is 28.3 Å². The molecule has 0 radical (unpaired) electrons. The highest BCUT2D eigenvalue weighted by molar-refractivity contribution is 5.51. The van der Waals surface area contributed by atoms with Crippen LogP contribution in [0.4, 0.5) is 0 Å². The normalized spacial score (nSPS) is 21.7. The Bertz CT molecular complexity index is 470. The first-order valence-corrected chi connectivity index (χ1v) is 6.99. The summed E-state index contributed by atoms with van der Waals surface area (Å²) in [6, 6.07) is 2.71. The number of ether oxygens (including phenoxy) is 1. The van der Waals surface area contributed by atoms with Crippen LogP contribution < -0.4 is 4.74 Å². The first-order valence-electron chi connectivity index (χ1n) is 6.99. The number of piperazine rings is 1. The van der Waals surface area contributed by atoms with E-state index in [-0.39, 0.29) is 0 Å². The Balaban J connectivity index is 2.51. The summed E-state index contributed by atoms with van der Waals surface area (Å²) in [5, 5.41) is 0. The van der Waals surface area contributed by atoms with Gasteiger partial charge in [-0.1, -0.05) is 6.07 Å². The minimum absolute atomic E-state index is 0.424. The fraction of sp³-hybridized carbons (Fsp3) is 0.625. The standard InChI is InChI=1S/C16H26N2O/c1-11-9-12(2)15(16(19-6)13(11)3)14-10-17(4)7-8-18(14)5/h9,14H,7-8,10H2,1-6H3. The lowest BCUT2D eigenvalue weighted by molar-refractivity contribution is 0.112. The Morgan fingerprint density at radius 3 is 2.42 bits per heavy atom. The van der Waals surface area contributed by atoms with Crippen LogP contribution in [0, 0.1) is 20.8 Å². The van der Waals surface area contributed by atoms with Gasteiger partial charge in [-0.15, -0.1) is 0 Å². The minimum atomic E-state index is 0.424. The summed E-state index contributed by atoms with van der Waals surface area (Å²) in [4.78, 5) is 4.85. The highest BCUT2D eigenvalue weighted by Gasteiger charge is 2.28. The lowest BCUT2D eigenvalue weighted by Crippen LogP contribution is -2.45. The average molecular weight is 262 g/mol. The van der Waals surface area contributed by atoms with Crippen molar-refractivity contribution in [2.24, 2.45) is 0 Å². The van der Waals surface area contributed by atoms with Crippen LogP contribution in [0.2, 0.25) is 0 Å². The van der Waals surface area contributed by atoms with Crippen molar-refractivity contribution >= 4 is 0 Å². The molecule has 1 saturated heterocycles. The van der Waals surface area contributed by atoms with E-state index in [0.717, 1.165) is 25.4 Å². The van der Waals surface area contributed by atoms with Gasteiger partial charge in [0.25, 0.3) is 0 Å². The smallest absolute Gasteiger partial charge is 0.127 e. The molecule has 0 bridgehead atoms. The maximum atomic E-state index is 5.73. The average Bonchev–Trinajstić information content (AvgIpc) is 2.36. The van der Waals surface area contributed by atoms with Crippen molar-refractivity contribution < 1.29 is 4.74 Å². The van der Waals surface area contributed by atoms with Crippen LogP contribution in [0.15, 0.2) is 6.07 Å². The third-order valence-electron chi connectivity index (χ3n) is 4.42. The Morgan fingerprint density at radius 2 is 1.79 bits per heavy atom. The Morgan fingerprint density at radius 1 is 1.11 bits per heavy atom. The molecule has 1 aromatic carbocycles. The molecule has 0 aliphatic carbocycles. The van der Waals surface area contributed by atoms with Gasteiger partial charge < -0.3 is 9.64 Å². The van der Waals surface area contributed by atoms with Crippen LogP contribution in [0.25, 0.3) is 0 Å². The van der Waals surface area contributed by atoms with Crippen LogP contribution in [-0.2, 0) is 0 Å². The quantitative estimate of drug-likeness (QED) is 0.814. The monoisotopic (exact) mass is 262 g/mol. The summed E-state index contributed by atoms with van der Waals surface area (Å²) >= 11 is 0. The zero-order valence-corrected chi connectivity index (χ0v) is 13.1. The van der Waals surface area contributed by atoms with Crippen molar-refractivity contribution in [3.63, 3.8) is 0 Å². The number of hydrogen-bond acceptors (Lipinski definition) is 3. The van der Waals surface area contributed by atoms with E-state index in [4.69, 9.17) is 4.74 Å². The van der Waals surface area contributed by atoms with E-state index in [2.05, 4.69) is 50.7 Å². The van der Waals surface area contributed by atoms with Crippen molar-refractivity contribution in [1.29, 1.82) is 0 Å². The summed E-state index contributed by atoms with van der Waals surface area (Å²) in [6.45, 7) is 9.83. The Labute approximate surface area is 117 Å². The van der Waals surface area contributed by atoms with Crippen LogP contribution in [0.5, 0.6) is 5.75 Å². The van der Waals surface area contributed by atoms with Crippen molar-refractivity contribution in [1.82, 2.24) is 9.80 Å². The molecule has 3 heteroatoms. The van der Waals surface area contributed by atoms with Gasteiger partial charge in [0, 0.05) is 25.2 Å². The summed E-state index contributed by atoms with van der Waals surface area (Å²) < 4.78 is 5.73. The highest BCUT2D eigenvalue weighted by atomic mass is 16.5. The first-order chi connectivity index (χ1) is 8.95. The van der Waals surface area contributed by atoms with Gasteiger partial charge in [0.2, 0.25) is 0 Å². The molecule has 1 heterocycles. The van der Waals surface area contributed by atoms with Gasteiger partial charge in [-0.05, 0) is 51.6 Å². The predicted molar refractivity (Wildman–Crippen MR) is 80.1 cm³/mol. The molecule has 0 aromatic heterocycles. The van der Waals surface area contributed by atoms with E-state index < -0.39 is 0 Å². The van der Waals surface area contributed by atoms with Gasteiger partial charge in [-0.3, -0.25) is 4.90 Å². The number of benzene rings is 1. The van der Waals surface area contributed by atoms with Crippen LogP contribution in [0.3, 0.4) is 0 Å². The Kier molecular flexibility index (Phi) is 4.16. The van der Waals surface area contributed by atoms with Gasteiger partial charge >= 0.3 is 0 Å². The fourth-order valence-corrected chi connectivity index (χ4v) is 3.07. The maximum absolute atomic E-state index is 5.73. The zero-order valence-electron chi connectivity index (χ0n) is 13.1. The number of likely N-dealkylation sites (N-methyl/N-ethyl adjacent to an activating group) is 2. The summed E-state index contributed by atoms with van der Waals surface area (Å²) in [5.74, 6) is 1.07. The fourth-order valence-electron chi connectivity index (χ4n) is 3.07. The molecular formula is C16H26N2O. The van der Waals surface area contributed by atoms with E-state index in [1.54, 1.807) is 7.11 Å². The van der Waals surface area contributed by atoms with Crippen molar-refractivity contribution in [2.45, 2.75) is 26.8 Å². The lowest BCUT2D eigenvalue weighted by atomic mass is 9.92. The van der Waals surface area contributed by atoms with Crippen LogP contribution in [0.1, 0.15) is 28.3 Å².